The Morgan fingerprint density at radius 2 is 1.87 bits per heavy atom. The predicted molar refractivity (Wildman–Crippen MR) is 122 cm³/mol. The number of carbonyl (C=O) groups excluding carboxylic acids is 1. The molecule has 0 saturated carbocycles. The zero-order valence-electron chi connectivity index (χ0n) is 19.8. The van der Waals surface area contributed by atoms with Crippen LogP contribution in [0.4, 0.5) is 5.82 Å². The molecule has 0 unspecified atom stereocenters. The summed E-state index contributed by atoms with van der Waals surface area (Å²) in [6, 6.07) is 4.29. The number of nitrogens with zero attached hydrogens (tertiary/aromatic N) is 6. The number of anilines is 1. The van der Waals surface area contributed by atoms with Gasteiger partial charge in [0.15, 0.2) is 0 Å². The number of esters is 1. The molecule has 8 heteroatoms. The molecule has 1 aliphatic heterocycles. The Hall–Kier alpha value is -2.45. The second-order valence-electron chi connectivity index (χ2n) is 8.87. The van der Waals surface area contributed by atoms with Gasteiger partial charge in [0.25, 0.3) is 0 Å². The van der Waals surface area contributed by atoms with Gasteiger partial charge >= 0.3 is 5.97 Å². The van der Waals surface area contributed by atoms with Gasteiger partial charge in [-0.05, 0) is 53.4 Å². The van der Waals surface area contributed by atoms with E-state index in [4.69, 9.17) is 4.74 Å². The number of ether oxygens (including phenoxy) is 1. The summed E-state index contributed by atoms with van der Waals surface area (Å²) in [5.74, 6) is 0.802. The van der Waals surface area contributed by atoms with Crippen molar-refractivity contribution < 1.29 is 9.53 Å². The van der Waals surface area contributed by atoms with Crippen molar-refractivity contribution in [1.82, 2.24) is 24.6 Å². The number of aromatic nitrogens is 3. The van der Waals surface area contributed by atoms with E-state index >= 15 is 0 Å². The Labute approximate surface area is 185 Å². The molecular weight excluding hydrogens is 392 g/mol. The van der Waals surface area contributed by atoms with Gasteiger partial charge in [0.1, 0.15) is 12.4 Å². The molecule has 8 nitrogen and oxygen atoms in total. The summed E-state index contributed by atoms with van der Waals surface area (Å²) in [4.78, 5) is 23.6. The predicted octanol–water partition coefficient (Wildman–Crippen LogP) is 2.23. The molecule has 2 aromatic rings. The lowest BCUT2D eigenvalue weighted by Gasteiger charge is -2.35. The van der Waals surface area contributed by atoms with Gasteiger partial charge in [0, 0.05) is 56.7 Å². The van der Waals surface area contributed by atoms with Crippen molar-refractivity contribution in [1.29, 1.82) is 0 Å². The van der Waals surface area contributed by atoms with Gasteiger partial charge in [0.2, 0.25) is 0 Å². The molecule has 0 atom stereocenters. The summed E-state index contributed by atoms with van der Waals surface area (Å²) in [5.41, 5.74) is 4.46. The average molecular weight is 429 g/mol. The van der Waals surface area contributed by atoms with Gasteiger partial charge in [-0.3, -0.25) is 14.4 Å². The Bertz CT molecular complexity index is 867. The Morgan fingerprint density at radius 1 is 1.16 bits per heavy atom. The van der Waals surface area contributed by atoms with Gasteiger partial charge < -0.3 is 14.5 Å². The van der Waals surface area contributed by atoms with Gasteiger partial charge in [-0.2, -0.15) is 5.10 Å². The molecule has 0 bridgehead atoms. The normalized spacial score (nSPS) is 15.2. The van der Waals surface area contributed by atoms with Gasteiger partial charge in [-0.25, -0.2) is 4.98 Å². The van der Waals surface area contributed by atoms with E-state index in [-0.39, 0.29) is 18.6 Å². The van der Waals surface area contributed by atoms with E-state index < -0.39 is 0 Å². The van der Waals surface area contributed by atoms with Crippen molar-refractivity contribution in [2.45, 2.75) is 53.4 Å². The van der Waals surface area contributed by atoms with Gasteiger partial charge in [-0.15, -0.1) is 0 Å². The quantitative estimate of drug-likeness (QED) is 0.597. The molecule has 170 valence electrons. The lowest BCUT2D eigenvalue weighted by atomic mass is 10.1. The van der Waals surface area contributed by atoms with Gasteiger partial charge in [0.05, 0.1) is 11.8 Å². The fourth-order valence-corrected chi connectivity index (χ4v) is 3.96. The third-order valence-corrected chi connectivity index (χ3v) is 5.56. The van der Waals surface area contributed by atoms with Crippen LogP contribution >= 0.6 is 0 Å². The second-order valence-corrected chi connectivity index (χ2v) is 8.87. The highest BCUT2D eigenvalue weighted by Crippen LogP contribution is 2.19. The maximum Gasteiger partial charge on any atom is 0.328 e. The molecule has 0 radical (unpaired) electrons. The Balaban J connectivity index is 1.55. The largest absolute Gasteiger partial charge is 0.462 e. The maximum absolute atomic E-state index is 12.0. The van der Waals surface area contributed by atoms with E-state index in [1.54, 1.807) is 4.68 Å². The summed E-state index contributed by atoms with van der Waals surface area (Å²) >= 11 is 0. The first kappa shape index (κ1) is 23.2. The molecular formula is C23H36N6O2. The minimum atomic E-state index is -0.245. The molecule has 1 aliphatic rings. The van der Waals surface area contributed by atoms with E-state index in [9.17, 15) is 4.79 Å². The van der Waals surface area contributed by atoms with Crippen LogP contribution in [-0.2, 0) is 29.2 Å². The Kier molecular flexibility index (Phi) is 7.67. The standard InChI is InChI=1S/C23H36N6O2/c1-17(2)31-23(30)16-29-19(4)21(18(3)25-29)15-27-9-11-28(12-10-27)22-8-7-20(13-24-22)14-26(5)6/h7-8,13,17H,9-12,14-16H2,1-6H3. The molecule has 0 amide bonds. The molecule has 31 heavy (non-hydrogen) atoms. The minimum absolute atomic E-state index is 0.112. The van der Waals surface area contributed by atoms with Crippen molar-refractivity contribution >= 4 is 11.8 Å². The monoisotopic (exact) mass is 428 g/mol. The molecule has 1 fully saturated rings. The molecule has 3 heterocycles. The molecule has 0 aliphatic carbocycles. The molecule has 0 aromatic carbocycles. The second kappa shape index (κ2) is 10.2. The van der Waals surface area contributed by atoms with E-state index in [0.717, 1.165) is 56.5 Å². The van der Waals surface area contributed by atoms with Crippen LogP contribution in [0.5, 0.6) is 0 Å². The van der Waals surface area contributed by atoms with Crippen molar-refractivity contribution in [2.75, 3.05) is 45.2 Å². The lowest BCUT2D eigenvalue weighted by molar-refractivity contribution is -0.148. The lowest BCUT2D eigenvalue weighted by Crippen LogP contribution is -2.46. The molecule has 1 saturated heterocycles. The van der Waals surface area contributed by atoms with Crippen molar-refractivity contribution in [3.63, 3.8) is 0 Å². The van der Waals surface area contributed by atoms with Crippen LogP contribution in [0.25, 0.3) is 0 Å². The van der Waals surface area contributed by atoms with E-state index in [1.807, 2.05) is 33.9 Å². The first-order valence-corrected chi connectivity index (χ1v) is 11.0. The topological polar surface area (TPSA) is 66.7 Å². The zero-order valence-corrected chi connectivity index (χ0v) is 19.8. The van der Waals surface area contributed by atoms with E-state index in [1.165, 1.54) is 11.1 Å². The average Bonchev–Trinajstić information content (AvgIpc) is 2.95. The van der Waals surface area contributed by atoms with Gasteiger partial charge in [-0.1, -0.05) is 6.07 Å². The van der Waals surface area contributed by atoms with Crippen molar-refractivity contribution in [3.05, 3.63) is 40.8 Å². The first-order valence-electron chi connectivity index (χ1n) is 11.0. The van der Waals surface area contributed by atoms with Crippen LogP contribution in [0.3, 0.4) is 0 Å². The number of carbonyl (C=O) groups is 1. The number of hydrogen-bond donors (Lipinski definition) is 0. The number of pyridine rings is 1. The van der Waals surface area contributed by atoms with Crippen LogP contribution in [0, 0.1) is 13.8 Å². The van der Waals surface area contributed by atoms with Crippen molar-refractivity contribution in [3.8, 4) is 0 Å². The highest BCUT2D eigenvalue weighted by Gasteiger charge is 2.22. The van der Waals surface area contributed by atoms with E-state index in [2.05, 4.69) is 51.0 Å². The number of aryl methyl sites for hydroxylation is 1. The number of rotatable bonds is 8. The highest BCUT2D eigenvalue weighted by molar-refractivity contribution is 5.69. The van der Waals surface area contributed by atoms with Crippen LogP contribution < -0.4 is 4.90 Å². The summed E-state index contributed by atoms with van der Waals surface area (Å²) in [6.45, 7) is 13.5. The number of hydrogen-bond acceptors (Lipinski definition) is 7. The SMILES string of the molecule is Cc1nn(CC(=O)OC(C)C)c(C)c1CN1CCN(c2ccc(CN(C)C)cn2)CC1. The third kappa shape index (κ3) is 6.27. The van der Waals surface area contributed by atoms with Crippen LogP contribution in [-0.4, -0.2) is 76.9 Å². The first-order chi connectivity index (χ1) is 14.7. The molecule has 2 aromatic heterocycles. The molecule has 3 rings (SSSR count). The molecule has 0 spiro atoms. The zero-order chi connectivity index (χ0) is 22.5. The minimum Gasteiger partial charge on any atom is -0.462 e. The van der Waals surface area contributed by atoms with Crippen LogP contribution in [0.15, 0.2) is 18.3 Å². The summed E-state index contributed by atoms with van der Waals surface area (Å²) in [6.07, 6.45) is 1.87. The van der Waals surface area contributed by atoms with E-state index in [0.29, 0.717) is 0 Å². The summed E-state index contributed by atoms with van der Waals surface area (Å²) < 4.78 is 7.03. The Morgan fingerprint density at radius 3 is 2.45 bits per heavy atom. The number of piperazine rings is 1. The maximum atomic E-state index is 12.0. The summed E-state index contributed by atoms with van der Waals surface area (Å²) in [7, 11) is 4.13. The molecule has 0 N–H and O–H groups in total. The fourth-order valence-electron chi connectivity index (χ4n) is 3.96. The van der Waals surface area contributed by atoms with Crippen LogP contribution in [0.2, 0.25) is 0 Å². The van der Waals surface area contributed by atoms with Crippen molar-refractivity contribution in [2.24, 2.45) is 0 Å². The highest BCUT2D eigenvalue weighted by atomic mass is 16.5. The summed E-state index contributed by atoms with van der Waals surface area (Å²) in [5, 5.41) is 4.58. The van der Waals surface area contributed by atoms with Crippen LogP contribution in [0.1, 0.15) is 36.4 Å². The third-order valence-electron chi connectivity index (χ3n) is 5.56. The smallest absolute Gasteiger partial charge is 0.328 e. The fraction of sp³-hybridized carbons (Fsp3) is 0.609.